The highest BCUT2D eigenvalue weighted by molar-refractivity contribution is 5.93. The number of hydrogen-bond donors (Lipinski definition) is 3. The number of hydrogen-bond acceptors (Lipinski definition) is 5. The molecule has 2 rings (SSSR count). The fourth-order valence-electron chi connectivity index (χ4n) is 1.95. The molecule has 1 saturated heterocycles. The van der Waals surface area contributed by atoms with E-state index in [1.165, 1.54) is 6.26 Å². The summed E-state index contributed by atoms with van der Waals surface area (Å²) in [5.74, 6) is 5.53. The van der Waals surface area contributed by atoms with Gasteiger partial charge in [0, 0.05) is 13.1 Å². The minimum Gasteiger partial charge on any atom is -0.467 e. The van der Waals surface area contributed by atoms with Crippen LogP contribution in [-0.4, -0.2) is 37.0 Å². The van der Waals surface area contributed by atoms with Crippen molar-refractivity contribution in [3.05, 3.63) is 23.7 Å². The number of carbonyl (C=O) groups excluding carboxylic acids is 1. The van der Waals surface area contributed by atoms with E-state index >= 15 is 0 Å². The molecule has 0 unspecified atom stereocenters. The van der Waals surface area contributed by atoms with E-state index in [1.54, 1.807) is 6.07 Å². The number of nitrogens with one attached hydrogen (secondary N) is 2. The van der Waals surface area contributed by atoms with E-state index in [0.29, 0.717) is 5.56 Å². The third kappa shape index (κ3) is 3.29. The Morgan fingerprint density at radius 2 is 2.41 bits per heavy atom. The Morgan fingerprint density at radius 1 is 1.53 bits per heavy atom. The number of nitrogens with zero attached hydrogens (tertiary/aromatic N) is 1. The van der Waals surface area contributed by atoms with Gasteiger partial charge in [-0.25, -0.2) is 5.84 Å². The molecule has 2 heterocycles. The molecule has 0 spiro atoms. The van der Waals surface area contributed by atoms with E-state index in [1.807, 2.05) is 0 Å². The highest BCUT2D eigenvalue weighted by Crippen LogP contribution is 2.11. The zero-order valence-corrected chi connectivity index (χ0v) is 9.74. The lowest BCUT2D eigenvalue weighted by Gasteiger charge is -2.17. The van der Waals surface area contributed by atoms with E-state index in [4.69, 9.17) is 10.3 Å². The predicted octanol–water partition coefficient (Wildman–Crippen LogP) is -0.322. The summed E-state index contributed by atoms with van der Waals surface area (Å²) >= 11 is 0. The van der Waals surface area contributed by atoms with Crippen molar-refractivity contribution >= 4 is 5.91 Å². The summed E-state index contributed by atoms with van der Waals surface area (Å²) in [4.78, 5) is 13.6. The van der Waals surface area contributed by atoms with Gasteiger partial charge in [-0.2, -0.15) is 0 Å². The summed E-state index contributed by atoms with van der Waals surface area (Å²) in [7, 11) is 0. The molecule has 17 heavy (non-hydrogen) atoms. The van der Waals surface area contributed by atoms with Crippen LogP contribution in [0.15, 0.2) is 16.7 Å². The molecule has 0 saturated carbocycles. The second-order valence-corrected chi connectivity index (χ2v) is 4.15. The molecule has 1 amide bonds. The molecule has 4 N–H and O–H groups in total. The van der Waals surface area contributed by atoms with E-state index in [0.717, 1.165) is 44.9 Å². The highest BCUT2D eigenvalue weighted by atomic mass is 16.3. The molecule has 1 aromatic heterocycles. The van der Waals surface area contributed by atoms with Crippen molar-refractivity contribution in [2.75, 3.05) is 26.2 Å². The molecule has 0 atom stereocenters. The van der Waals surface area contributed by atoms with Gasteiger partial charge < -0.3 is 9.73 Å². The van der Waals surface area contributed by atoms with Gasteiger partial charge in [-0.1, -0.05) is 0 Å². The Kier molecular flexibility index (Phi) is 4.13. The van der Waals surface area contributed by atoms with Gasteiger partial charge in [-0.05, 0) is 25.6 Å². The quantitative estimate of drug-likeness (QED) is 0.382. The van der Waals surface area contributed by atoms with Gasteiger partial charge in [0.15, 0.2) is 0 Å². The Morgan fingerprint density at radius 3 is 3.24 bits per heavy atom. The second-order valence-electron chi connectivity index (χ2n) is 4.15. The first-order chi connectivity index (χ1) is 8.29. The molecule has 0 radical (unpaired) electrons. The second kappa shape index (κ2) is 5.81. The lowest BCUT2D eigenvalue weighted by Crippen LogP contribution is -2.29. The Hall–Kier alpha value is -1.37. The first-order valence-electron chi connectivity index (χ1n) is 5.81. The topological polar surface area (TPSA) is 83.5 Å². The third-order valence-corrected chi connectivity index (χ3v) is 2.86. The lowest BCUT2D eigenvalue weighted by atomic mass is 10.3. The van der Waals surface area contributed by atoms with Gasteiger partial charge in [0.05, 0.1) is 12.1 Å². The molecular formula is C11H18N4O2. The number of hydrazine groups is 1. The van der Waals surface area contributed by atoms with E-state index in [9.17, 15) is 4.79 Å². The Balaban J connectivity index is 1.93. The number of amides is 1. The highest BCUT2D eigenvalue weighted by Gasteiger charge is 2.13. The van der Waals surface area contributed by atoms with Gasteiger partial charge in [0.25, 0.3) is 5.91 Å². The molecule has 6 nitrogen and oxygen atoms in total. The van der Waals surface area contributed by atoms with E-state index in [-0.39, 0.29) is 5.91 Å². The molecule has 94 valence electrons. The summed E-state index contributed by atoms with van der Waals surface area (Å²) in [6, 6.07) is 1.74. The summed E-state index contributed by atoms with van der Waals surface area (Å²) in [6.45, 7) is 4.84. The predicted molar refractivity (Wildman–Crippen MR) is 63.1 cm³/mol. The number of furan rings is 1. The van der Waals surface area contributed by atoms with Crippen LogP contribution in [0.2, 0.25) is 0 Å². The smallest absolute Gasteiger partial charge is 0.268 e. The lowest BCUT2D eigenvalue weighted by molar-refractivity contribution is 0.0953. The van der Waals surface area contributed by atoms with Crippen LogP contribution in [0.25, 0.3) is 0 Å². The average molecular weight is 238 g/mol. The van der Waals surface area contributed by atoms with Gasteiger partial charge in [-0.15, -0.1) is 0 Å². The van der Waals surface area contributed by atoms with Crippen LogP contribution >= 0.6 is 0 Å². The van der Waals surface area contributed by atoms with Crippen molar-refractivity contribution in [3.63, 3.8) is 0 Å². The van der Waals surface area contributed by atoms with Crippen LogP contribution in [0, 0.1) is 0 Å². The monoisotopic (exact) mass is 238 g/mol. The van der Waals surface area contributed by atoms with Crippen molar-refractivity contribution < 1.29 is 9.21 Å². The van der Waals surface area contributed by atoms with Crippen molar-refractivity contribution in [3.8, 4) is 0 Å². The Labute approximate surface area is 100 Å². The minimum absolute atomic E-state index is 0.322. The van der Waals surface area contributed by atoms with E-state index < -0.39 is 0 Å². The van der Waals surface area contributed by atoms with Crippen LogP contribution in [0.5, 0.6) is 0 Å². The van der Waals surface area contributed by atoms with Crippen LogP contribution in [0.3, 0.4) is 0 Å². The van der Waals surface area contributed by atoms with Crippen molar-refractivity contribution in [1.29, 1.82) is 0 Å². The van der Waals surface area contributed by atoms with Crippen LogP contribution < -0.4 is 16.6 Å². The summed E-state index contributed by atoms with van der Waals surface area (Å²) in [6.07, 6.45) is 2.57. The Bertz CT molecular complexity index is 369. The molecule has 0 bridgehead atoms. The van der Waals surface area contributed by atoms with Gasteiger partial charge in [0.2, 0.25) is 0 Å². The zero-order chi connectivity index (χ0) is 12.1. The van der Waals surface area contributed by atoms with Crippen molar-refractivity contribution in [2.24, 2.45) is 5.84 Å². The van der Waals surface area contributed by atoms with Gasteiger partial charge in [-0.3, -0.25) is 15.1 Å². The van der Waals surface area contributed by atoms with Crippen LogP contribution in [0.4, 0.5) is 0 Å². The minimum atomic E-state index is -0.322. The SMILES string of the molecule is NNC(=O)c1coc(CN2CCCNCC2)c1. The fourth-order valence-corrected chi connectivity index (χ4v) is 1.95. The maximum atomic E-state index is 11.3. The fraction of sp³-hybridized carbons (Fsp3) is 0.545. The largest absolute Gasteiger partial charge is 0.467 e. The first-order valence-corrected chi connectivity index (χ1v) is 5.81. The summed E-state index contributed by atoms with van der Waals surface area (Å²) in [5, 5.41) is 3.34. The molecule has 1 aliphatic rings. The molecule has 6 heteroatoms. The summed E-state index contributed by atoms with van der Waals surface area (Å²) in [5.41, 5.74) is 2.55. The maximum Gasteiger partial charge on any atom is 0.268 e. The number of nitrogen functional groups attached to an aromatic ring is 1. The standard InChI is InChI=1S/C11H18N4O2/c12-14-11(16)9-6-10(17-8-9)7-15-4-1-2-13-3-5-15/h6,8,13H,1-5,7,12H2,(H,14,16). The number of nitrogens with two attached hydrogens (primary N) is 1. The van der Waals surface area contributed by atoms with E-state index in [2.05, 4.69) is 15.6 Å². The molecular weight excluding hydrogens is 220 g/mol. The first kappa shape index (κ1) is 12.1. The van der Waals surface area contributed by atoms with Gasteiger partial charge in [0.1, 0.15) is 12.0 Å². The molecule has 1 aromatic rings. The van der Waals surface area contributed by atoms with Crippen LogP contribution in [0.1, 0.15) is 22.5 Å². The molecule has 0 aromatic carbocycles. The number of carbonyl (C=O) groups is 1. The normalized spacial score (nSPS) is 17.7. The summed E-state index contributed by atoms with van der Waals surface area (Å²) < 4.78 is 5.35. The van der Waals surface area contributed by atoms with Crippen molar-refractivity contribution in [2.45, 2.75) is 13.0 Å². The molecule has 1 fully saturated rings. The molecule has 1 aliphatic heterocycles. The van der Waals surface area contributed by atoms with Gasteiger partial charge >= 0.3 is 0 Å². The van der Waals surface area contributed by atoms with Crippen LogP contribution in [-0.2, 0) is 6.54 Å². The maximum absolute atomic E-state index is 11.3. The molecule has 0 aliphatic carbocycles. The third-order valence-electron chi connectivity index (χ3n) is 2.86. The average Bonchev–Trinajstić information content (AvgIpc) is 2.65. The van der Waals surface area contributed by atoms with Crippen molar-refractivity contribution in [1.82, 2.24) is 15.6 Å². The number of rotatable bonds is 3. The zero-order valence-electron chi connectivity index (χ0n) is 9.74.